The monoisotopic (exact) mass is 440 g/mol. The number of carbonyl (C=O) groups excluding carboxylic acids is 1. The van der Waals surface area contributed by atoms with Crippen LogP contribution < -0.4 is 9.62 Å². The second-order valence-electron chi connectivity index (χ2n) is 7.28. The van der Waals surface area contributed by atoms with Crippen molar-refractivity contribution >= 4 is 33.2 Å². The molecule has 1 amide bonds. The summed E-state index contributed by atoms with van der Waals surface area (Å²) >= 11 is 6.11. The summed E-state index contributed by atoms with van der Waals surface area (Å²) < 4.78 is 28.1. The molecule has 0 unspecified atom stereocenters. The fourth-order valence-corrected chi connectivity index (χ4v) is 4.77. The highest BCUT2D eigenvalue weighted by Crippen LogP contribution is 2.31. The minimum Gasteiger partial charge on any atom is -0.308 e. The number of hydrogen-bond donors (Lipinski definition) is 1. The summed E-state index contributed by atoms with van der Waals surface area (Å²) in [6.07, 6.45) is 0.612. The lowest BCUT2D eigenvalue weighted by Crippen LogP contribution is -2.28. The highest BCUT2D eigenvalue weighted by Gasteiger charge is 2.27. The van der Waals surface area contributed by atoms with E-state index in [0.29, 0.717) is 29.1 Å². The molecule has 3 aromatic rings. The number of nitrogens with one attached hydrogen (secondary N) is 1. The second kappa shape index (κ2) is 8.22. The molecule has 1 aliphatic rings. The lowest BCUT2D eigenvalue weighted by Gasteiger charge is -2.18. The maximum atomic E-state index is 12.9. The summed E-state index contributed by atoms with van der Waals surface area (Å²) in [5, 5.41) is 0.513. The van der Waals surface area contributed by atoms with Gasteiger partial charge in [-0.25, -0.2) is 13.1 Å². The van der Waals surface area contributed by atoms with Gasteiger partial charge in [0.05, 0.1) is 4.90 Å². The predicted molar refractivity (Wildman–Crippen MR) is 118 cm³/mol. The summed E-state index contributed by atoms with van der Waals surface area (Å²) in [5.41, 5.74) is 4.01. The largest absolute Gasteiger partial charge is 0.308 e. The molecule has 7 heteroatoms. The standard InChI is InChI=1S/C23H21ClN2O3S/c1-16-6-8-17(9-7-16)23(27)26-13-12-18-14-20(10-11-22(18)26)30(28,29)25-15-19-4-2-3-5-21(19)24/h2-11,14,25H,12-13,15H2,1H3. The molecule has 0 fully saturated rings. The van der Waals surface area contributed by atoms with Crippen molar-refractivity contribution < 1.29 is 13.2 Å². The Morgan fingerprint density at radius 3 is 2.53 bits per heavy atom. The molecule has 4 rings (SSSR count). The Morgan fingerprint density at radius 2 is 1.80 bits per heavy atom. The van der Waals surface area contributed by atoms with Gasteiger partial charge in [0.2, 0.25) is 10.0 Å². The van der Waals surface area contributed by atoms with Crippen molar-refractivity contribution in [3.63, 3.8) is 0 Å². The van der Waals surface area contributed by atoms with Gasteiger partial charge in [0.1, 0.15) is 0 Å². The van der Waals surface area contributed by atoms with Gasteiger partial charge in [-0.15, -0.1) is 0 Å². The Labute approximate surface area is 181 Å². The average Bonchev–Trinajstić information content (AvgIpc) is 3.16. The Bertz CT molecular complexity index is 1210. The minimum atomic E-state index is -3.70. The summed E-state index contributed by atoms with van der Waals surface area (Å²) in [5.74, 6) is -0.0822. The first-order valence-corrected chi connectivity index (χ1v) is 11.5. The molecule has 0 bridgehead atoms. The zero-order chi connectivity index (χ0) is 21.3. The zero-order valence-electron chi connectivity index (χ0n) is 16.4. The van der Waals surface area contributed by atoms with Crippen molar-refractivity contribution in [1.29, 1.82) is 0 Å². The van der Waals surface area contributed by atoms with Gasteiger partial charge in [0, 0.05) is 29.4 Å². The Kier molecular flexibility index (Phi) is 5.64. The van der Waals surface area contributed by atoms with E-state index in [0.717, 1.165) is 16.8 Å². The fourth-order valence-electron chi connectivity index (χ4n) is 3.51. The molecule has 1 aliphatic heterocycles. The summed E-state index contributed by atoms with van der Waals surface area (Å²) in [6, 6.07) is 19.4. The van der Waals surface area contributed by atoms with Crippen LogP contribution in [0.1, 0.15) is 27.0 Å². The summed E-state index contributed by atoms with van der Waals surface area (Å²) in [6.45, 7) is 2.61. The first-order valence-electron chi connectivity index (χ1n) is 9.60. The number of benzene rings is 3. The number of sulfonamides is 1. The van der Waals surface area contributed by atoms with Crippen LogP contribution in [0.25, 0.3) is 0 Å². The van der Waals surface area contributed by atoms with Crippen LogP contribution in [0.3, 0.4) is 0 Å². The molecule has 0 spiro atoms. The van der Waals surface area contributed by atoms with E-state index in [1.54, 1.807) is 35.2 Å². The zero-order valence-corrected chi connectivity index (χ0v) is 18.0. The molecule has 0 radical (unpaired) electrons. The van der Waals surface area contributed by atoms with E-state index in [2.05, 4.69) is 4.72 Å². The lowest BCUT2D eigenvalue weighted by atomic mass is 10.1. The molecule has 154 valence electrons. The van der Waals surface area contributed by atoms with Crippen molar-refractivity contribution in [1.82, 2.24) is 4.72 Å². The second-order valence-corrected chi connectivity index (χ2v) is 9.45. The van der Waals surface area contributed by atoms with Crippen LogP contribution in [0.2, 0.25) is 5.02 Å². The molecular formula is C23H21ClN2O3S. The summed E-state index contributed by atoms with van der Waals surface area (Å²) in [4.78, 5) is 14.8. The van der Waals surface area contributed by atoms with Gasteiger partial charge in [-0.1, -0.05) is 47.5 Å². The fraction of sp³-hybridized carbons (Fsp3) is 0.174. The van der Waals surface area contributed by atoms with Crippen molar-refractivity contribution in [3.8, 4) is 0 Å². The first-order chi connectivity index (χ1) is 14.3. The van der Waals surface area contributed by atoms with E-state index >= 15 is 0 Å². The first kappa shape index (κ1) is 20.6. The molecule has 0 aliphatic carbocycles. The van der Waals surface area contributed by atoms with Gasteiger partial charge in [-0.2, -0.15) is 0 Å². The lowest BCUT2D eigenvalue weighted by molar-refractivity contribution is 0.0989. The molecule has 0 saturated carbocycles. The molecule has 5 nitrogen and oxygen atoms in total. The highest BCUT2D eigenvalue weighted by molar-refractivity contribution is 7.89. The number of carbonyl (C=O) groups is 1. The van der Waals surface area contributed by atoms with Gasteiger partial charge in [-0.05, 0) is 60.9 Å². The Balaban J connectivity index is 1.53. The third-order valence-electron chi connectivity index (χ3n) is 5.21. The van der Waals surface area contributed by atoms with Gasteiger partial charge in [0.15, 0.2) is 0 Å². The number of fused-ring (bicyclic) bond motifs is 1. The molecule has 3 aromatic carbocycles. The van der Waals surface area contributed by atoms with Crippen LogP contribution in [0.5, 0.6) is 0 Å². The predicted octanol–water partition coefficient (Wildman–Crippen LogP) is 4.33. The van der Waals surface area contributed by atoms with E-state index in [4.69, 9.17) is 11.6 Å². The third-order valence-corrected chi connectivity index (χ3v) is 6.98. The van der Waals surface area contributed by atoms with Crippen LogP contribution in [-0.2, 0) is 23.0 Å². The molecular weight excluding hydrogens is 420 g/mol. The van der Waals surface area contributed by atoms with Crippen LogP contribution in [-0.4, -0.2) is 20.9 Å². The molecule has 1 N–H and O–H groups in total. The molecule has 0 saturated heterocycles. The molecule has 0 aromatic heterocycles. The molecule has 0 atom stereocenters. The SMILES string of the molecule is Cc1ccc(C(=O)N2CCc3cc(S(=O)(=O)NCc4ccccc4Cl)ccc32)cc1. The number of hydrogen-bond acceptors (Lipinski definition) is 3. The van der Waals surface area contributed by atoms with Crippen LogP contribution in [0.15, 0.2) is 71.6 Å². The quantitative estimate of drug-likeness (QED) is 0.642. The van der Waals surface area contributed by atoms with Crippen LogP contribution >= 0.6 is 11.6 Å². The van der Waals surface area contributed by atoms with E-state index in [9.17, 15) is 13.2 Å². The van der Waals surface area contributed by atoms with Gasteiger partial charge in [0.25, 0.3) is 5.91 Å². The number of amides is 1. The number of nitrogens with zero attached hydrogens (tertiary/aromatic N) is 1. The maximum Gasteiger partial charge on any atom is 0.258 e. The Hall–Kier alpha value is -2.67. The number of rotatable bonds is 5. The average molecular weight is 441 g/mol. The smallest absolute Gasteiger partial charge is 0.258 e. The van der Waals surface area contributed by atoms with Crippen molar-refractivity contribution in [3.05, 3.63) is 94.0 Å². The number of halogens is 1. The van der Waals surface area contributed by atoms with E-state index in [1.807, 2.05) is 37.3 Å². The highest BCUT2D eigenvalue weighted by atomic mass is 35.5. The van der Waals surface area contributed by atoms with Gasteiger partial charge < -0.3 is 4.90 Å². The van der Waals surface area contributed by atoms with E-state index < -0.39 is 10.0 Å². The molecule has 1 heterocycles. The number of aryl methyl sites for hydroxylation is 1. The van der Waals surface area contributed by atoms with Crippen LogP contribution in [0, 0.1) is 6.92 Å². The topological polar surface area (TPSA) is 66.5 Å². The van der Waals surface area contributed by atoms with E-state index in [1.165, 1.54) is 6.07 Å². The van der Waals surface area contributed by atoms with Gasteiger partial charge in [-0.3, -0.25) is 4.79 Å². The Morgan fingerprint density at radius 1 is 1.07 bits per heavy atom. The third kappa shape index (κ3) is 4.12. The van der Waals surface area contributed by atoms with E-state index in [-0.39, 0.29) is 17.3 Å². The van der Waals surface area contributed by atoms with Crippen molar-refractivity contribution in [2.45, 2.75) is 24.8 Å². The van der Waals surface area contributed by atoms with Crippen LogP contribution in [0.4, 0.5) is 5.69 Å². The van der Waals surface area contributed by atoms with Crippen molar-refractivity contribution in [2.24, 2.45) is 0 Å². The maximum absolute atomic E-state index is 12.9. The van der Waals surface area contributed by atoms with Crippen molar-refractivity contribution in [2.75, 3.05) is 11.4 Å². The summed E-state index contributed by atoms with van der Waals surface area (Å²) in [7, 11) is -3.70. The number of anilines is 1. The minimum absolute atomic E-state index is 0.0822. The normalized spacial score (nSPS) is 13.3. The molecule has 30 heavy (non-hydrogen) atoms. The van der Waals surface area contributed by atoms with Gasteiger partial charge >= 0.3 is 0 Å².